The molecule has 4 N–H and O–H groups in total. The molecule has 9 rings (SSSR count). The Morgan fingerprint density at radius 2 is 1.75 bits per heavy atom. The lowest BCUT2D eigenvalue weighted by Crippen LogP contribution is -2.54. The maximum Gasteiger partial charge on any atom is 0.264 e. The average Bonchev–Trinajstić information content (AvgIpc) is 3.99. The molecule has 0 radical (unpaired) electrons. The number of aromatic nitrogens is 5. The van der Waals surface area contributed by atoms with E-state index in [2.05, 4.69) is 19.9 Å². The number of anilines is 3. The molecule has 0 saturated carbocycles. The summed E-state index contributed by atoms with van der Waals surface area (Å²) in [5.41, 5.74) is 11.1. The van der Waals surface area contributed by atoms with E-state index in [1.54, 1.807) is 49.2 Å². The lowest BCUT2D eigenvalue weighted by Gasteiger charge is -2.35. The van der Waals surface area contributed by atoms with E-state index in [1.165, 1.54) is 12.1 Å². The molecule has 4 aliphatic heterocycles. The first-order valence-electron chi connectivity index (χ1n) is 21.4. The molecule has 5 aromatic rings. The lowest BCUT2D eigenvalue weighted by atomic mass is 9.91. The lowest BCUT2D eigenvalue weighted by molar-refractivity contribution is -0.136. The maximum absolute atomic E-state index is 15.1. The number of likely N-dealkylation sites (tertiary alicyclic amines) is 1. The van der Waals surface area contributed by atoms with E-state index in [0.717, 1.165) is 53.6 Å². The first kappa shape index (κ1) is 41.8. The number of benzene rings is 2. The fourth-order valence-corrected chi connectivity index (χ4v) is 10.0. The van der Waals surface area contributed by atoms with E-state index in [0.29, 0.717) is 72.2 Å². The second kappa shape index (κ2) is 17.0. The van der Waals surface area contributed by atoms with E-state index >= 15 is 4.39 Å². The number of fused-ring (bicyclic) bond motifs is 2. The molecule has 5 amide bonds. The van der Waals surface area contributed by atoms with Crippen molar-refractivity contribution in [3.8, 4) is 22.4 Å². The van der Waals surface area contributed by atoms with Crippen molar-refractivity contribution in [1.29, 1.82) is 0 Å². The molecule has 0 aliphatic carbocycles. The van der Waals surface area contributed by atoms with Crippen LogP contribution >= 0.6 is 0 Å². The van der Waals surface area contributed by atoms with Gasteiger partial charge in [-0.05, 0) is 68.7 Å². The summed E-state index contributed by atoms with van der Waals surface area (Å²) in [4.78, 5) is 74.2. The highest BCUT2D eigenvalue weighted by Gasteiger charge is 2.46. The Labute approximate surface area is 364 Å². The van der Waals surface area contributed by atoms with Gasteiger partial charge in [-0.1, -0.05) is 19.1 Å². The largest absolute Gasteiger partial charge is 0.383 e. The standard InChI is InChI=1S/C44H48FN11O6S/c1-3-63(62)51-32-9-8-26(21-31(32)45)39-38-40(52(2)50-39)30(23-47-41(38)46)27-22-48-55(24-27)28-15-19-54(20-16-28)36(58)12-7-25-13-17-53(18-14-25)33-6-4-5-29-37(33)44(61)56(43(29)60)34-10-11-35(57)49-42(34)59/h4-6,8-9,21-25,28,34,51H,3,7,10-20H2,1-2H3,(H2,46,47)(H,49,57,59). The Morgan fingerprint density at radius 3 is 2.48 bits per heavy atom. The zero-order chi connectivity index (χ0) is 44.1. The van der Waals surface area contributed by atoms with Gasteiger partial charge in [0, 0.05) is 80.9 Å². The number of hydrogen-bond donors (Lipinski definition) is 3. The van der Waals surface area contributed by atoms with Crippen LogP contribution in [0.1, 0.15) is 85.0 Å². The number of pyridine rings is 1. The van der Waals surface area contributed by atoms with E-state index < -0.39 is 46.5 Å². The molecule has 7 heterocycles. The number of nitrogens with two attached hydrogens (primary N) is 1. The predicted octanol–water partition coefficient (Wildman–Crippen LogP) is 4.58. The number of hydrogen-bond acceptors (Lipinski definition) is 11. The van der Waals surface area contributed by atoms with Gasteiger partial charge in [-0.2, -0.15) is 10.2 Å². The smallest absolute Gasteiger partial charge is 0.264 e. The van der Waals surface area contributed by atoms with Gasteiger partial charge in [0.1, 0.15) is 34.4 Å². The minimum Gasteiger partial charge on any atom is -0.383 e. The summed E-state index contributed by atoms with van der Waals surface area (Å²) in [7, 11) is 0.408. The third-order valence-electron chi connectivity index (χ3n) is 12.9. The highest BCUT2D eigenvalue weighted by Crippen LogP contribution is 2.39. The normalized spacial score (nSPS) is 19.2. The number of carbonyl (C=O) groups is 5. The average molecular weight is 878 g/mol. The van der Waals surface area contributed by atoms with Gasteiger partial charge in [0.15, 0.2) is 0 Å². The highest BCUT2D eigenvalue weighted by molar-refractivity contribution is 7.86. The number of amides is 5. The molecule has 17 nitrogen and oxygen atoms in total. The van der Waals surface area contributed by atoms with Gasteiger partial charge in [0.05, 0.1) is 45.6 Å². The molecular formula is C44H48FN11O6S. The van der Waals surface area contributed by atoms with Gasteiger partial charge < -0.3 is 20.3 Å². The molecule has 0 bridgehead atoms. The Kier molecular flexibility index (Phi) is 11.3. The van der Waals surface area contributed by atoms with Crippen LogP contribution in [0.2, 0.25) is 0 Å². The number of nitrogens with zero attached hydrogens (tertiary/aromatic N) is 8. The third kappa shape index (κ3) is 7.82. The quantitative estimate of drug-likeness (QED) is 0.157. The van der Waals surface area contributed by atoms with Crippen molar-refractivity contribution in [2.24, 2.45) is 13.0 Å². The molecule has 2 atom stereocenters. The van der Waals surface area contributed by atoms with Crippen LogP contribution in [0, 0.1) is 11.7 Å². The molecule has 4 aliphatic rings. The van der Waals surface area contributed by atoms with Gasteiger partial charge in [-0.15, -0.1) is 0 Å². The molecule has 0 spiro atoms. The molecule has 2 unspecified atom stereocenters. The Balaban J connectivity index is 0.787. The number of piperidine rings is 3. The number of rotatable bonds is 11. The minimum atomic E-state index is -1.39. The first-order valence-corrected chi connectivity index (χ1v) is 22.7. The molecular weight excluding hydrogens is 830 g/mol. The van der Waals surface area contributed by atoms with Crippen LogP contribution in [0.25, 0.3) is 33.3 Å². The summed E-state index contributed by atoms with van der Waals surface area (Å²) in [6.07, 6.45) is 10.0. The van der Waals surface area contributed by atoms with Gasteiger partial charge in [-0.3, -0.25) is 43.6 Å². The molecule has 19 heteroatoms. The summed E-state index contributed by atoms with van der Waals surface area (Å²) in [6.45, 7) is 4.33. The predicted molar refractivity (Wildman–Crippen MR) is 234 cm³/mol. The fourth-order valence-electron chi connectivity index (χ4n) is 9.45. The van der Waals surface area contributed by atoms with Crippen LogP contribution in [0.15, 0.2) is 55.0 Å². The topological polar surface area (TPSA) is 211 Å². The summed E-state index contributed by atoms with van der Waals surface area (Å²) >= 11 is 0. The van der Waals surface area contributed by atoms with Crippen LogP contribution in [-0.2, 0) is 32.4 Å². The Morgan fingerprint density at radius 1 is 0.968 bits per heavy atom. The fraction of sp³-hybridized carbons (Fsp3) is 0.409. The van der Waals surface area contributed by atoms with Crippen LogP contribution in [0.3, 0.4) is 0 Å². The van der Waals surface area contributed by atoms with Crippen LogP contribution in [0.5, 0.6) is 0 Å². The number of carbonyl (C=O) groups excluding carboxylic acids is 5. The number of aryl methyl sites for hydroxylation is 1. The van der Waals surface area contributed by atoms with Crippen LogP contribution in [-0.4, -0.2) is 106 Å². The summed E-state index contributed by atoms with van der Waals surface area (Å²) in [5, 5.41) is 12.3. The molecule has 3 fully saturated rings. The molecule has 3 saturated heterocycles. The first-order chi connectivity index (χ1) is 30.4. The SMILES string of the molecule is CCS(=O)Nc1ccc(-c2nn(C)c3c(-c4cnn(C5CCN(C(=O)CCC6CCN(c7cccc8c7C(=O)N(C7CCC(=O)NC7=O)C8=O)CC6)CC5)c4)cnc(N)c23)cc1F. The number of imide groups is 2. The van der Waals surface area contributed by atoms with Gasteiger partial charge in [-0.25, -0.2) is 13.6 Å². The number of nitrogens with one attached hydrogen (secondary N) is 2. The van der Waals surface area contributed by atoms with Gasteiger partial charge in [0.2, 0.25) is 17.7 Å². The summed E-state index contributed by atoms with van der Waals surface area (Å²) < 4.78 is 33.4. The molecule has 2 aromatic carbocycles. The number of halogens is 1. The third-order valence-corrected chi connectivity index (χ3v) is 13.9. The van der Waals surface area contributed by atoms with Gasteiger partial charge >= 0.3 is 0 Å². The van der Waals surface area contributed by atoms with Crippen molar-refractivity contribution in [3.63, 3.8) is 0 Å². The Bertz CT molecular complexity index is 2700. The molecule has 328 valence electrons. The van der Waals surface area contributed by atoms with Crippen molar-refractivity contribution >= 4 is 68.6 Å². The molecule has 63 heavy (non-hydrogen) atoms. The monoisotopic (exact) mass is 877 g/mol. The Hall–Kier alpha value is -6.50. The van der Waals surface area contributed by atoms with Crippen molar-refractivity contribution in [2.45, 2.75) is 70.4 Å². The number of nitrogen functional groups attached to an aromatic ring is 1. The maximum atomic E-state index is 15.1. The van der Waals surface area contributed by atoms with E-state index in [4.69, 9.17) is 15.9 Å². The zero-order valence-corrected chi connectivity index (χ0v) is 35.8. The van der Waals surface area contributed by atoms with E-state index in [1.807, 2.05) is 21.8 Å². The van der Waals surface area contributed by atoms with Gasteiger partial charge in [0.25, 0.3) is 11.8 Å². The van der Waals surface area contributed by atoms with Crippen LogP contribution < -0.4 is 20.7 Å². The van der Waals surface area contributed by atoms with E-state index in [-0.39, 0.29) is 41.9 Å². The minimum absolute atomic E-state index is 0.0644. The van der Waals surface area contributed by atoms with E-state index in [9.17, 15) is 28.2 Å². The van der Waals surface area contributed by atoms with Crippen LogP contribution in [0.4, 0.5) is 21.6 Å². The zero-order valence-electron chi connectivity index (χ0n) is 35.0. The van der Waals surface area contributed by atoms with Crippen molar-refractivity contribution in [1.82, 2.24) is 39.7 Å². The second-order valence-electron chi connectivity index (χ2n) is 16.6. The second-order valence-corrected chi connectivity index (χ2v) is 18.1. The van der Waals surface area contributed by atoms with Crippen molar-refractivity contribution < 1.29 is 32.6 Å². The summed E-state index contributed by atoms with van der Waals surface area (Å²) in [6, 6.07) is 8.88. The van der Waals surface area contributed by atoms with Crippen molar-refractivity contribution in [3.05, 3.63) is 71.9 Å². The highest BCUT2D eigenvalue weighted by atomic mass is 32.2. The van der Waals surface area contributed by atoms with Crippen molar-refractivity contribution in [2.75, 3.05) is 47.3 Å². The summed E-state index contributed by atoms with van der Waals surface area (Å²) in [5.74, 6) is -1.55. The molecule has 3 aromatic heterocycles.